The second-order valence-electron chi connectivity index (χ2n) is 4.85. The van der Waals surface area contributed by atoms with Crippen LogP contribution in [0, 0.1) is 0 Å². The van der Waals surface area contributed by atoms with Crippen molar-refractivity contribution < 1.29 is 31.1 Å². The Hall–Kier alpha value is -1.93. The lowest BCUT2D eigenvalue weighted by molar-refractivity contribution is -0.143. The van der Waals surface area contributed by atoms with E-state index in [0.717, 1.165) is 0 Å². The van der Waals surface area contributed by atoms with Crippen molar-refractivity contribution >= 4 is 34.8 Å². The number of alkyl halides is 6. The number of carbonyl (C=O) groups excluding carboxylic acids is 1. The fourth-order valence-electron chi connectivity index (χ4n) is 1.89. The highest BCUT2D eigenvalue weighted by atomic mass is 35.5. The van der Waals surface area contributed by atoms with Crippen molar-refractivity contribution in [1.29, 1.82) is 0 Å². The Labute approximate surface area is 147 Å². The molecular formula is C15H7Cl2F6NO. The average molecular weight is 402 g/mol. The minimum atomic E-state index is -5.06. The van der Waals surface area contributed by atoms with Crippen molar-refractivity contribution in [2.45, 2.75) is 12.4 Å². The first-order valence-corrected chi connectivity index (χ1v) is 7.20. The van der Waals surface area contributed by atoms with Gasteiger partial charge in [-0.15, -0.1) is 0 Å². The molecule has 0 aliphatic carbocycles. The van der Waals surface area contributed by atoms with Crippen molar-refractivity contribution in [3.63, 3.8) is 0 Å². The standard InChI is InChI=1S/C15H7Cl2F6NO/c16-10-2-1-3-11(17)12(10)24-13(25)7-4-8(14(18,19)20)6-9(5-7)15(21,22)23/h1-6H,(H,24,25). The van der Waals surface area contributed by atoms with Crippen molar-refractivity contribution in [3.05, 3.63) is 63.1 Å². The van der Waals surface area contributed by atoms with Gasteiger partial charge in [-0.05, 0) is 30.3 Å². The molecule has 134 valence electrons. The Kier molecular flexibility index (Phi) is 5.24. The maximum Gasteiger partial charge on any atom is 0.416 e. The number of hydrogen-bond acceptors (Lipinski definition) is 1. The highest BCUT2D eigenvalue weighted by Gasteiger charge is 2.37. The molecule has 0 aromatic heterocycles. The van der Waals surface area contributed by atoms with E-state index in [1.54, 1.807) is 0 Å². The molecule has 0 fully saturated rings. The van der Waals surface area contributed by atoms with Gasteiger partial charge in [-0.1, -0.05) is 29.3 Å². The van der Waals surface area contributed by atoms with Crippen molar-refractivity contribution in [1.82, 2.24) is 0 Å². The summed E-state index contributed by atoms with van der Waals surface area (Å²) in [6.45, 7) is 0. The predicted octanol–water partition coefficient (Wildman–Crippen LogP) is 6.28. The van der Waals surface area contributed by atoms with E-state index in [0.29, 0.717) is 12.1 Å². The normalized spacial score (nSPS) is 12.2. The molecule has 1 amide bonds. The van der Waals surface area contributed by atoms with E-state index in [1.807, 2.05) is 0 Å². The van der Waals surface area contributed by atoms with Crippen LogP contribution in [0.3, 0.4) is 0 Å². The summed E-state index contributed by atoms with van der Waals surface area (Å²) < 4.78 is 76.9. The number of halogens is 8. The molecular weight excluding hydrogens is 395 g/mol. The highest BCUT2D eigenvalue weighted by molar-refractivity contribution is 6.40. The number of anilines is 1. The molecule has 0 aliphatic heterocycles. The summed E-state index contributed by atoms with van der Waals surface area (Å²) in [6.07, 6.45) is -10.1. The molecule has 1 N–H and O–H groups in total. The number of nitrogens with one attached hydrogen (secondary N) is 1. The molecule has 0 aliphatic rings. The molecule has 2 aromatic rings. The summed E-state index contributed by atoms with van der Waals surface area (Å²) >= 11 is 11.6. The first-order valence-electron chi connectivity index (χ1n) is 6.44. The fraction of sp³-hybridized carbons (Fsp3) is 0.133. The molecule has 2 rings (SSSR count). The van der Waals surface area contributed by atoms with Gasteiger partial charge in [-0.2, -0.15) is 26.3 Å². The van der Waals surface area contributed by atoms with Gasteiger partial charge in [0, 0.05) is 5.56 Å². The van der Waals surface area contributed by atoms with Crippen LogP contribution < -0.4 is 5.32 Å². The van der Waals surface area contributed by atoms with E-state index in [9.17, 15) is 31.1 Å². The molecule has 0 saturated carbocycles. The first kappa shape index (κ1) is 19.4. The van der Waals surface area contributed by atoms with Crippen LogP contribution in [0.2, 0.25) is 10.0 Å². The van der Waals surface area contributed by atoms with E-state index in [4.69, 9.17) is 23.2 Å². The molecule has 2 nitrogen and oxygen atoms in total. The molecule has 10 heteroatoms. The zero-order valence-corrected chi connectivity index (χ0v) is 13.4. The van der Waals surface area contributed by atoms with Crippen LogP contribution in [0.1, 0.15) is 21.5 Å². The van der Waals surface area contributed by atoms with Crippen LogP contribution in [-0.4, -0.2) is 5.91 Å². The number of amides is 1. The highest BCUT2D eigenvalue weighted by Crippen LogP contribution is 2.37. The van der Waals surface area contributed by atoms with Gasteiger partial charge in [0.1, 0.15) is 0 Å². The Morgan fingerprint density at radius 2 is 1.28 bits per heavy atom. The number of carbonyl (C=O) groups is 1. The minimum absolute atomic E-state index is 0.0242. The number of rotatable bonds is 2. The summed E-state index contributed by atoms with van der Waals surface area (Å²) in [5, 5.41) is 2.07. The largest absolute Gasteiger partial charge is 0.416 e. The first-order chi connectivity index (χ1) is 11.4. The molecule has 2 aromatic carbocycles. The van der Waals surface area contributed by atoms with Crippen LogP contribution in [0.25, 0.3) is 0 Å². The van der Waals surface area contributed by atoms with Crippen molar-refractivity contribution in [2.75, 3.05) is 5.32 Å². The summed E-state index contributed by atoms with van der Waals surface area (Å²) in [7, 11) is 0. The molecule has 0 bridgehead atoms. The summed E-state index contributed by atoms with van der Waals surface area (Å²) in [5.41, 5.74) is -4.16. The molecule has 25 heavy (non-hydrogen) atoms. The summed E-state index contributed by atoms with van der Waals surface area (Å²) in [4.78, 5) is 12.1. The second-order valence-corrected chi connectivity index (χ2v) is 5.66. The summed E-state index contributed by atoms with van der Waals surface area (Å²) in [5.74, 6) is -1.22. The number of hydrogen-bond donors (Lipinski definition) is 1. The second kappa shape index (κ2) is 6.76. The third-order valence-electron chi connectivity index (χ3n) is 3.05. The van der Waals surface area contributed by atoms with E-state index in [2.05, 4.69) is 5.32 Å². The van der Waals surface area contributed by atoms with Gasteiger partial charge in [-0.3, -0.25) is 4.79 Å². The topological polar surface area (TPSA) is 29.1 Å². The lowest BCUT2D eigenvalue weighted by atomic mass is 10.0. The van der Waals surface area contributed by atoms with Gasteiger partial charge in [0.15, 0.2) is 0 Å². The van der Waals surface area contributed by atoms with E-state index >= 15 is 0 Å². The monoisotopic (exact) mass is 401 g/mol. The van der Waals surface area contributed by atoms with Crippen LogP contribution in [-0.2, 0) is 12.4 Å². The zero-order valence-electron chi connectivity index (χ0n) is 11.9. The maximum absolute atomic E-state index is 12.8. The molecule has 0 spiro atoms. The quantitative estimate of drug-likeness (QED) is 0.589. The Morgan fingerprint density at radius 1 is 0.840 bits per heavy atom. The van der Waals surface area contributed by atoms with Gasteiger partial charge in [0.05, 0.1) is 26.9 Å². The Morgan fingerprint density at radius 3 is 1.68 bits per heavy atom. The molecule has 0 saturated heterocycles. The minimum Gasteiger partial charge on any atom is -0.319 e. The van der Waals surface area contributed by atoms with Crippen LogP contribution in [0.5, 0.6) is 0 Å². The molecule has 0 heterocycles. The van der Waals surface area contributed by atoms with E-state index < -0.39 is 35.0 Å². The SMILES string of the molecule is O=C(Nc1c(Cl)cccc1Cl)c1cc(C(F)(F)F)cc(C(F)(F)F)c1. The van der Waals surface area contributed by atoms with Crippen molar-refractivity contribution in [3.8, 4) is 0 Å². The van der Waals surface area contributed by atoms with Crippen LogP contribution >= 0.6 is 23.2 Å². The van der Waals surface area contributed by atoms with E-state index in [-0.39, 0.29) is 21.8 Å². The van der Waals surface area contributed by atoms with Crippen LogP contribution in [0.4, 0.5) is 32.0 Å². The van der Waals surface area contributed by atoms with Gasteiger partial charge in [0.2, 0.25) is 0 Å². The lowest BCUT2D eigenvalue weighted by Crippen LogP contribution is -2.17. The summed E-state index contributed by atoms with van der Waals surface area (Å²) in [6, 6.07) is 4.70. The number of benzene rings is 2. The van der Waals surface area contributed by atoms with Crippen LogP contribution in [0.15, 0.2) is 36.4 Å². The van der Waals surface area contributed by atoms with Gasteiger partial charge < -0.3 is 5.32 Å². The maximum atomic E-state index is 12.8. The smallest absolute Gasteiger partial charge is 0.319 e. The zero-order chi connectivity index (χ0) is 19.0. The Balaban J connectivity index is 2.49. The van der Waals surface area contributed by atoms with Gasteiger partial charge in [0.25, 0.3) is 5.91 Å². The average Bonchev–Trinajstić information content (AvgIpc) is 2.48. The Bertz CT molecular complexity index is 764. The predicted molar refractivity (Wildman–Crippen MR) is 80.9 cm³/mol. The van der Waals surface area contributed by atoms with Gasteiger partial charge >= 0.3 is 12.4 Å². The van der Waals surface area contributed by atoms with Crippen molar-refractivity contribution in [2.24, 2.45) is 0 Å². The van der Waals surface area contributed by atoms with E-state index in [1.165, 1.54) is 18.2 Å². The molecule has 0 radical (unpaired) electrons. The lowest BCUT2D eigenvalue weighted by Gasteiger charge is -2.15. The molecule has 0 unspecified atom stereocenters. The van der Waals surface area contributed by atoms with Gasteiger partial charge in [-0.25, -0.2) is 0 Å². The third-order valence-corrected chi connectivity index (χ3v) is 3.68. The fourth-order valence-corrected chi connectivity index (χ4v) is 2.38. The third kappa shape index (κ3) is 4.58. The molecule has 0 atom stereocenters. The number of para-hydroxylation sites is 1.